The third-order valence-electron chi connectivity index (χ3n) is 7.30. The standard InChI is InChI=1S/C21H27NO4.BrH/c1-5-22(2)9-8-21-12-16(23)18(26-4)11-14(21)15(22)10-13-6-7-17(25-3)20(24)19(13)21;/h6-7,11,14-15H,5,8-10,12H2,1-4H3;1H/t14-,15-,21+,22?;/m0./s1. The molecule has 0 N–H and O–H groups in total. The molecule has 1 aromatic carbocycles. The molecule has 0 radical (unpaired) electrons. The molecule has 0 amide bonds. The number of hydrogen-bond acceptors (Lipinski definition) is 4. The summed E-state index contributed by atoms with van der Waals surface area (Å²) in [6.45, 7) is 4.25. The van der Waals surface area contributed by atoms with Gasteiger partial charge in [0.05, 0.1) is 34.4 Å². The monoisotopic (exact) mass is 437 g/mol. The Morgan fingerprint density at radius 2 is 2.04 bits per heavy atom. The summed E-state index contributed by atoms with van der Waals surface area (Å²) in [5.74, 6) is 0.941. The molecule has 148 valence electrons. The maximum Gasteiger partial charge on any atom is 0.197 e. The van der Waals surface area contributed by atoms with Crippen molar-refractivity contribution in [3.05, 3.63) is 35.1 Å². The van der Waals surface area contributed by atoms with Crippen LogP contribution in [0.5, 0.6) is 11.5 Å². The fourth-order valence-corrected chi connectivity index (χ4v) is 5.66. The minimum Gasteiger partial charge on any atom is -0.870 e. The molecule has 4 rings (SSSR count). The van der Waals surface area contributed by atoms with Gasteiger partial charge in [-0.25, -0.2) is 0 Å². The number of benzene rings is 1. The van der Waals surface area contributed by atoms with Gasteiger partial charge < -0.3 is 19.1 Å². The van der Waals surface area contributed by atoms with Crippen LogP contribution in [-0.2, 0) is 21.4 Å². The number of Topliss-reactive ketones (excluding diaryl/α,β-unsaturated/α-hetero) is 1. The molecule has 1 aliphatic heterocycles. The molecule has 3 aliphatic rings. The number of fused-ring (bicyclic) bond motifs is 1. The van der Waals surface area contributed by atoms with E-state index in [0.29, 0.717) is 24.0 Å². The van der Waals surface area contributed by atoms with Crippen molar-refractivity contribution in [3.63, 3.8) is 0 Å². The van der Waals surface area contributed by atoms with Gasteiger partial charge >= 0.3 is 0 Å². The molecule has 1 fully saturated rings. The molecule has 1 heterocycles. The number of quaternary nitrogens is 1. The summed E-state index contributed by atoms with van der Waals surface area (Å²) >= 11 is 0. The SMILES string of the molecule is Br.CC[N+]1(C)CC[C@@]23CC(=O)C(OC)=C[C@H]2[C@@H]1Cc1ccc(OC)c([O-])c13. The number of rotatable bonds is 3. The lowest BCUT2D eigenvalue weighted by atomic mass is 9.53. The Labute approximate surface area is 171 Å². The number of likely N-dealkylation sites (N-methyl/N-ethyl adjacent to an activating group) is 1. The van der Waals surface area contributed by atoms with Crippen molar-refractivity contribution < 1.29 is 23.9 Å². The van der Waals surface area contributed by atoms with Crippen LogP contribution in [0.1, 0.15) is 30.9 Å². The van der Waals surface area contributed by atoms with Gasteiger partial charge in [-0.05, 0) is 30.2 Å². The Hall–Kier alpha value is -1.53. The molecule has 6 heteroatoms. The average molecular weight is 438 g/mol. The molecule has 1 saturated heterocycles. The smallest absolute Gasteiger partial charge is 0.197 e. The zero-order valence-electron chi connectivity index (χ0n) is 16.4. The molecular formula is C21H28BrNO4. The van der Waals surface area contributed by atoms with Gasteiger partial charge in [-0.3, -0.25) is 4.79 Å². The van der Waals surface area contributed by atoms with Crippen LogP contribution in [0.15, 0.2) is 24.0 Å². The number of methoxy groups -OCH3 is 2. The lowest BCUT2D eigenvalue weighted by molar-refractivity contribution is -0.942. The van der Waals surface area contributed by atoms with E-state index in [2.05, 4.69) is 14.0 Å². The number of piperidine rings is 1. The van der Waals surface area contributed by atoms with E-state index in [1.807, 2.05) is 12.1 Å². The first-order chi connectivity index (χ1) is 12.4. The lowest BCUT2D eigenvalue weighted by Crippen LogP contribution is -2.68. The number of halogens is 1. The van der Waals surface area contributed by atoms with Gasteiger partial charge in [0.25, 0.3) is 0 Å². The van der Waals surface area contributed by atoms with Crippen LogP contribution in [0.4, 0.5) is 0 Å². The second-order valence-corrected chi connectivity index (χ2v) is 8.19. The highest BCUT2D eigenvalue weighted by atomic mass is 79.9. The molecule has 1 aromatic rings. The van der Waals surface area contributed by atoms with Gasteiger partial charge in [-0.2, -0.15) is 0 Å². The zero-order chi connectivity index (χ0) is 18.7. The largest absolute Gasteiger partial charge is 0.870 e. The first-order valence-electron chi connectivity index (χ1n) is 9.41. The van der Waals surface area contributed by atoms with E-state index in [9.17, 15) is 9.90 Å². The van der Waals surface area contributed by atoms with E-state index in [1.54, 1.807) is 13.2 Å². The van der Waals surface area contributed by atoms with Crippen LogP contribution < -0.4 is 9.84 Å². The molecule has 1 unspecified atom stereocenters. The molecule has 5 nitrogen and oxygen atoms in total. The molecule has 0 aromatic heterocycles. The van der Waals surface area contributed by atoms with Crippen molar-refractivity contribution in [2.75, 3.05) is 34.4 Å². The summed E-state index contributed by atoms with van der Waals surface area (Å²) in [5.41, 5.74) is 1.49. The normalized spacial score (nSPS) is 33.9. The number of likely N-dealkylation sites (tertiary alicyclic amines) is 1. The number of ketones is 1. The molecule has 2 bridgehead atoms. The Morgan fingerprint density at radius 1 is 1.30 bits per heavy atom. The number of allylic oxidation sites excluding steroid dienone is 1. The second kappa shape index (κ2) is 6.82. The van der Waals surface area contributed by atoms with E-state index < -0.39 is 5.41 Å². The summed E-state index contributed by atoms with van der Waals surface area (Å²) < 4.78 is 11.7. The molecule has 0 saturated carbocycles. The van der Waals surface area contributed by atoms with Gasteiger partial charge in [0.15, 0.2) is 11.5 Å². The summed E-state index contributed by atoms with van der Waals surface area (Å²) in [4.78, 5) is 12.7. The summed E-state index contributed by atoms with van der Waals surface area (Å²) in [7, 11) is 5.40. The van der Waals surface area contributed by atoms with Crippen molar-refractivity contribution in [1.29, 1.82) is 0 Å². The van der Waals surface area contributed by atoms with Crippen molar-refractivity contribution >= 4 is 22.8 Å². The third-order valence-corrected chi connectivity index (χ3v) is 7.30. The number of carbonyl (C=O) groups is 1. The summed E-state index contributed by atoms with van der Waals surface area (Å²) in [6.07, 6.45) is 4.07. The van der Waals surface area contributed by atoms with E-state index in [-0.39, 0.29) is 34.4 Å². The topological polar surface area (TPSA) is 58.6 Å². The predicted octanol–water partition coefficient (Wildman–Crippen LogP) is 2.50. The predicted molar refractivity (Wildman–Crippen MR) is 106 cm³/mol. The molecular weight excluding hydrogens is 410 g/mol. The quantitative estimate of drug-likeness (QED) is 0.681. The first-order valence-corrected chi connectivity index (χ1v) is 9.41. The number of hydrogen-bond donors (Lipinski definition) is 0. The van der Waals surface area contributed by atoms with Gasteiger partial charge in [-0.15, -0.1) is 17.0 Å². The van der Waals surface area contributed by atoms with Crippen molar-refractivity contribution in [3.8, 4) is 11.5 Å². The number of ether oxygens (including phenoxy) is 2. The van der Waals surface area contributed by atoms with E-state index in [1.165, 1.54) is 7.11 Å². The second-order valence-electron chi connectivity index (χ2n) is 8.19. The van der Waals surface area contributed by atoms with Crippen molar-refractivity contribution in [2.24, 2.45) is 5.92 Å². The molecule has 27 heavy (non-hydrogen) atoms. The highest BCUT2D eigenvalue weighted by Crippen LogP contribution is 2.58. The Bertz CT molecular complexity index is 808. The third kappa shape index (κ3) is 2.64. The van der Waals surface area contributed by atoms with Crippen LogP contribution in [0.25, 0.3) is 0 Å². The Balaban J connectivity index is 0.00000210. The fraction of sp³-hybridized carbons (Fsp3) is 0.571. The molecule has 2 aliphatic carbocycles. The van der Waals surface area contributed by atoms with Gasteiger partial charge in [0.2, 0.25) is 0 Å². The lowest BCUT2D eigenvalue weighted by Gasteiger charge is -2.60. The Morgan fingerprint density at radius 3 is 2.67 bits per heavy atom. The maximum absolute atomic E-state index is 13.2. The zero-order valence-corrected chi connectivity index (χ0v) is 18.1. The maximum atomic E-state index is 13.2. The van der Waals surface area contributed by atoms with Gasteiger partial charge in [-0.1, -0.05) is 11.8 Å². The average Bonchev–Trinajstić information content (AvgIpc) is 2.64. The molecule has 4 atom stereocenters. The van der Waals surface area contributed by atoms with Crippen LogP contribution in [0.3, 0.4) is 0 Å². The van der Waals surface area contributed by atoms with Crippen LogP contribution in [-0.4, -0.2) is 50.7 Å². The summed E-state index contributed by atoms with van der Waals surface area (Å²) in [6, 6.07) is 4.17. The van der Waals surface area contributed by atoms with Crippen LogP contribution in [0, 0.1) is 5.92 Å². The first kappa shape index (κ1) is 20.2. The Kier molecular flexibility index (Phi) is 5.10. The highest BCUT2D eigenvalue weighted by Gasteiger charge is 2.60. The van der Waals surface area contributed by atoms with E-state index >= 15 is 0 Å². The van der Waals surface area contributed by atoms with Crippen molar-refractivity contribution in [2.45, 2.75) is 37.6 Å². The van der Waals surface area contributed by atoms with Crippen LogP contribution in [0.2, 0.25) is 0 Å². The van der Waals surface area contributed by atoms with E-state index in [4.69, 9.17) is 9.47 Å². The van der Waals surface area contributed by atoms with Crippen LogP contribution >= 0.6 is 17.0 Å². The minimum absolute atomic E-state index is 0. The molecule has 0 spiro atoms. The minimum atomic E-state index is -0.421. The van der Waals surface area contributed by atoms with Gasteiger partial charge in [0.1, 0.15) is 11.8 Å². The van der Waals surface area contributed by atoms with E-state index in [0.717, 1.165) is 41.5 Å². The highest BCUT2D eigenvalue weighted by molar-refractivity contribution is 8.93. The fourth-order valence-electron chi connectivity index (χ4n) is 5.66. The number of nitrogens with zero attached hydrogens (tertiary/aromatic N) is 1. The number of carbonyl (C=O) groups excluding carboxylic acids is 1. The van der Waals surface area contributed by atoms with Crippen molar-refractivity contribution in [1.82, 2.24) is 0 Å². The van der Waals surface area contributed by atoms with Gasteiger partial charge in [0, 0.05) is 30.6 Å². The summed E-state index contributed by atoms with van der Waals surface area (Å²) in [5, 5.41) is 13.2.